The summed E-state index contributed by atoms with van der Waals surface area (Å²) in [7, 11) is 0. The van der Waals surface area contributed by atoms with Gasteiger partial charge in [0.25, 0.3) is 5.91 Å². The van der Waals surface area contributed by atoms with Gasteiger partial charge in [0, 0.05) is 49.1 Å². The van der Waals surface area contributed by atoms with Gasteiger partial charge in [-0.3, -0.25) is 4.79 Å². The highest BCUT2D eigenvalue weighted by Gasteiger charge is 2.31. The van der Waals surface area contributed by atoms with E-state index in [0.717, 1.165) is 23.4 Å². The molecule has 0 bridgehead atoms. The van der Waals surface area contributed by atoms with Crippen LogP contribution in [0.2, 0.25) is 0 Å². The summed E-state index contributed by atoms with van der Waals surface area (Å²) < 4.78 is 44.1. The fraction of sp³-hybridized carbons (Fsp3) is 0.231. The maximum atomic E-state index is 13.0. The van der Waals surface area contributed by atoms with Crippen LogP contribution in [0.15, 0.2) is 71.3 Å². The number of amides is 1. The summed E-state index contributed by atoms with van der Waals surface area (Å²) in [4.78, 5) is 20.5. The van der Waals surface area contributed by atoms with Crippen molar-refractivity contribution in [3.05, 3.63) is 83.6 Å². The molecule has 5 rings (SSSR count). The molecule has 2 aromatic heterocycles. The number of halogens is 3. The molecule has 1 aliphatic rings. The number of hydrogen-bond acceptors (Lipinski definition) is 6. The van der Waals surface area contributed by atoms with Crippen molar-refractivity contribution in [1.29, 1.82) is 0 Å². The number of hydrogen-bond donors (Lipinski definition) is 0. The van der Waals surface area contributed by atoms with Gasteiger partial charge in [0.2, 0.25) is 11.8 Å². The van der Waals surface area contributed by atoms with Gasteiger partial charge in [-0.2, -0.15) is 13.2 Å². The van der Waals surface area contributed by atoms with Crippen molar-refractivity contribution in [1.82, 2.24) is 20.1 Å². The molecule has 7 nitrogen and oxygen atoms in total. The van der Waals surface area contributed by atoms with Gasteiger partial charge in [0.1, 0.15) is 5.82 Å². The van der Waals surface area contributed by atoms with E-state index < -0.39 is 11.7 Å². The van der Waals surface area contributed by atoms with E-state index >= 15 is 0 Å². The Bertz CT molecular complexity index is 1360. The lowest BCUT2D eigenvalue weighted by molar-refractivity contribution is -0.137. The number of benzene rings is 2. The van der Waals surface area contributed by atoms with Gasteiger partial charge in [0.05, 0.1) is 5.56 Å². The van der Waals surface area contributed by atoms with E-state index in [1.807, 2.05) is 36.1 Å². The summed E-state index contributed by atoms with van der Waals surface area (Å²) in [5, 5.41) is 8.25. The molecule has 0 unspecified atom stereocenters. The minimum atomic E-state index is -4.42. The molecule has 0 atom stereocenters. The van der Waals surface area contributed by atoms with Crippen LogP contribution in [0.3, 0.4) is 0 Å². The van der Waals surface area contributed by atoms with Gasteiger partial charge < -0.3 is 14.2 Å². The molecule has 1 amide bonds. The fourth-order valence-corrected chi connectivity index (χ4v) is 4.05. The zero-order chi connectivity index (χ0) is 25.3. The first-order valence-corrected chi connectivity index (χ1v) is 11.4. The van der Waals surface area contributed by atoms with Crippen LogP contribution in [0.4, 0.5) is 19.0 Å². The summed E-state index contributed by atoms with van der Waals surface area (Å²) in [5.41, 5.74) is 2.38. The standard InChI is InChI=1S/C26H22F3N5O2/c1-17-3-2-4-20(15-17)24-32-31-23(36-24)18-5-7-19(8-6-18)25(35)34-13-11-33(12-14-34)22-10-9-21(16-30-22)26(27,28)29/h2-10,15-16H,11-14H2,1H3. The van der Waals surface area contributed by atoms with Crippen LogP contribution in [-0.4, -0.2) is 52.2 Å². The molecule has 1 fully saturated rings. The predicted molar refractivity (Wildman–Crippen MR) is 127 cm³/mol. The topological polar surface area (TPSA) is 75.4 Å². The lowest BCUT2D eigenvalue weighted by Gasteiger charge is -2.35. The van der Waals surface area contributed by atoms with Gasteiger partial charge >= 0.3 is 6.18 Å². The summed E-state index contributed by atoms with van der Waals surface area (Å²) in [6.45, 7) is 3.82. The van der Waals surface area contributed by atoms with Crippen LogP contribution in [0.25, 0.3) is 22.9 Å². The van der Waals surface area contributed by atoms with Crippen molar-refractivity contribution in [3.63, 3.8) is 0 Å². The number of piperazine rings is 1. The quantitative estimate of drug-likeness (QED) is 0.394. The lowest BCUT2D eigenvalue weighted by atomic mass is 10.1. The smallest absolute Gasteiger partial charge is 0.416 e. The largest absolute Gasteiger partial charge is 0.417 e. The average molecular weight is 493 g/mol. The molecule has 2 aromatic carbocycles. The molecule has 0 radical (unpaired) electrons. The highest BCUT2D eigenvalue weighted by Crippen LogP contribution is 2.30. The van der Waals surface area contributed by atoms with Gasteiger partial charge in [0.15, 0.2) is 0 Å². The number of rotatable bonds is 4. The zero-order valence-corrected chi connectivity index (χ0v) is 19.4. The number of aromatic nitrogens is 3. The number of alkyl halides is 3. The van der Waals surface area contributed by atoms with E-state index in [-0.39, 0.29) is 5.91 Å². The first kappa shape index (κ1) is 23.5. The Morgan fingerprint density at radius 1 is 0.889 bits per heavy atom. The second kappa shape index (κ2) is 9.44. The Morgan fingerprint density at radius 3 is 2.19 bits per heavy atom. The Kier molecular flexibility index (Phi) is 6.17. The zero-order valence-electron chi connectivity index (χ0n) is 19.4. The SMILES string of the molecule is Cc1cccc(-c2nnc(-c3ccc(C(=O)N4CCN(c5ccc(C(F)(F)F)cn5)CC4)cc3)o2)c1. The molecular weight excluding hydrogens is 471 g/mol. The Balaban J connectivity index is 1.21. The van der Waals surface area contributed by atoms with E-state index in [9.17, 15) is 18.0 Å². The predicted octanol–water partition coefficient (Wildman–Crippen LogP) is 5.09. The summed E-state index contributed by atoms with van der Waals surface area (Å²) in [5.74, 6) is 1.13. The molecule has 0 spiro atoms. The van der Waals surface area contributed by atoms with E-state index in [1.165, 1.54) is 6.07 Å². The van der Waals surface area contributed by atoms with E-state index in [1.54, 1.807) is 29.2 Å². The molecule has 3 heterocycles. The molecule has 36 heavy (non-hydrogen) atoms. The summed E-state index contributed by atoms with van der Waals surface area (Å²) in [6, 6.07) is 17.1. The molecule has 0 aliphatic carbocycles. The van der Waals surface area contributed by atoms with Crippen molar-refractivity contribution >= 4 is 11.7 Å². The van der Waals surface area contributed by atoms with Crippen molar-refractivity contribution < 1.29 is 22.4 Å². The number of nitrogens with zero attached hydrogens (tertiary/aromatic N) is 5. The maximum absolute atomic E-state index is 13.0. The highest BCUT2D eigenvalue weighted by atomic mass is 19.4. The molecule has 0 saturated carbocycles. The normalized spacial score (nSPS) is 14.2. The maximum Gasteiger partial charge on any atom is 0.417 e. The number of carbonyl (C=O) groups excluding carboxylic acids is 1. The third kappa shape index (κ3) is 4.93. The molecule has 1 aliphatic heterocycles. The number of aryl methyl sites for hydroxylation is 1. The van der Waals surface area contributed by atoms with E-state index in [0.29, 0.717) is 54.9 Å². The van der Waals surface area contributed by atoms with Crippen LogP contribution in [0.5, 0.6) is 0 Å². The molecule has 4 aromatic rings. The number of carbonyl (C=O) groups is 1. The van der Waals surface area contributed by atoms with Crippen molar-refractivity contribution in [2.24, 2.45) is 0 Å². The molecule has 0 N–H and O–H groups in total. The van der Waals surface area contributed by atoms with Gasteiger partial charge in [-0.05, 0) is 55.5 Å². The number of anilines is 1. The fourth-order valence-electron chi connectivity index (χ4n) is 4.05. The number of pyridine rings is 1. The van der Waals surface area contributed by atoms with Crippen LogP contribution in [0, 0.1) is 6.92 Å². The van der Waals surface area contributed by atoms with Crippen LogP contribution >= 0.6 is 0 Å². The van der Waals surface area contributed by atoms with Crippen LogP contribution in [-0.2, 0) is 6.18 Å². The Morgan fingerprint density at radius 2 is 1.58 bits per heavy atom. The van der Waals surface area contributed by atoms with Crippen molar-refractivity contribution in [2.75, 3.05) is 31.1 Å². The van der Waals surface area contributed by atoms with E-state index in [4.69, 9.17) is 4.42 Å². The Labute approximate surface area is 205 Å². The van der Waals surface area contributed by atoms with Crippen molar-refractivity contribution in [3.8, 4) is 22.9 Å². The van der Waals surface area contributed by atoms with E-state index in [2.05, 4.69) is 15.2 Å². The summed E-state index contributed by atoms with van der Waals surface area (Å²) >= 11 is 0. The minimum Gasteiger partial charge on any atom is -0.416 e. The average Bonchev–Trinajstić information content (AvgIpc) is 3.39. The lowest BCUT2D eigenvalue weighted by Crippen LogP contribution is -2.49. The van der Waals surface area contributed by atoms with Crippen LogP contribution < -0.4 is 4.90 Å². The van der Waals surface area contributed by atoms with Crippen molar-refractivity contribution in [2.45, 2.75) is 13.1 Å². The molecule has 1 saturated heterocycles. The summed E-state index contributed by atoms with van der Waals surface area (Å²) in [6.07, 6.45) is -3.58. The van der Waals surface area contributed by atoms with Gasteiger partial charge in [-0.25, -0.2) is 4.98 Å². The minimum absolute atomic E-state index is 0.118. The second-order valence-electron chi connectivity index (χ2n) is 8.54. The first-order chi connectivity index (χ1) is 17.3. The highest BCUT2D eigenvalue weighted by molar-refractivity contribution is 5.94. The third-order valence-electron chi connectivity index (χ3n) is 6.03. The molecule has 10 heteroatoms. The van der Waals surface area contributed by atoms with Gasteiger partial charge in [-0.15, -0.1) is 10.2 Å². The Hall–Kier alpha value is -4.21. The molecule has 184 valence electrons. The molecular formula is C26H22F3N5O2. The van der Waals surface area contributed by atoms with Crippen LogP contribution in [0.1, 0.15) is 21.5 Å². The second-order valence-corrected chi connectivity index (χ2v) is 8.54. The first-order valence-electron chi connectivity index (χ1n) is 11.4. The monoisotopic (exact) mass is 493 g/mol. The third-order valence-corrected chi connectivity index (χ3v) is 6.03. The van der Waals surface area contributed by atoms with Gasteiger partial charge in [-0.1, -0.05) is 17.7 Å².